The molecule has 0 radical (unpaired) electrons. The van der Waals surface area contributed by atoms with Crippen molar-refractivity contribution < 1.29 is 19.2 Å². The predicted molar refractivity (Wildman–Crippen MR) is 95.0 cm³/mol. The molecule has 3 aromatic rings. The van der Waals surface area contributed by atoms with Gasteiger partial charge in [-0.1, -0.05) is 11.6 Å². The summed E-state index contributed by atoms with van der Waals surface area (Å²) in [5.41, 5.74) is 5.87. The molecule has 1 heterocycles. The summed E-state index contributed by atoms with van der Waals surface area (Å²) in [4.78, 5) is 26.1. The van der Waals surface area contributed by atoms with Gasteiger partial charge in [0.05, 0.1) is 23.1 Å². The molecule has 2 aromatic carbocycles. The average Bonchev–Trinajstić information content (AvgIpc) is 2.60. The minimum Gasteiger partial charge on any atom is -0.496 e. The van der Waals surface area contributed by atoms with Crippen LogP contribution in [0.2, 0.25) is 5.02 Å². The second-order valence-corrected chi connectivity index (χ2v) is 5.62. The molecule has 0 aliphatic carbocycles. The van der Waals surface area contributed by atoms with Crippen molar-refractivity contribution in [1.29, 1.82) is 0 Å². The maximum atomic E-state index is 11.6. The number of primary amides is 1. The summed E-state index contributed by atoms with van der Waals surface area (Å²) in [5, 5.41) is 11.3. The third-order valence-electron chi connectivity index (χ3n) is 3.63. The van der Waals surface area contributed by atoms with Crippen LogP contribution in [-0.2, 0) is 0 Å². The van der Waals surface area contributed by atoms with E-state index in [1.807, 2.05) is 0 Å². The number of fused-ring (bicyclic) bond motifs is 1. The van der Waals surface area contributed by atoms with E-state index >= 15 is 0 Å². The molecule has 0 fully saturated rings. The average molecular weight is 374 g/mol. The fourth-order valence-corrected chi connectivity index (χ4v) is 2.66. The number of nitro groups is 1. The molecule has 0 aliphatic heterocycles. The Labute approximate surface area is 152 Å². The maximum Gasteiger partial charge on any atom is 0.288 e. The van der Waals surface area contributed by atoms with E-state index in [2.05, 4.69) is 4.98 Å². The Hall–Kier alpha value is -3.39. The van der Waals surface area contributed by atoms with Gasteiger partial charge in [-0.25, -0.2) is 0 Å². The third kappa shape index (κ3) is 3.22. The fraction of sp³-hybridized carbons (Fsp3) is 0.0588. The van der Waals surface area contributed by atoms with Gasteiger partial charge in [-0.05, 0) is 18.2 Å². The van der Waals surface area contributed by atoms with E-state index < -0.39 is 10.8 Å². The number of carbonyl (C=O) groups is 1. The SMILES string of the molecule is COc1cc2nccc(Oc3ccc([N+](=O)[O-])c(Cl)c3)c2cc1C(N)=O. The first-order chi connectivity index (χ1) is 12.4. The number of pyridine rings is 1. The number of nitrogens with two attached hydrogens (primary N) is 1. The first kappa shape index (κ1) is 17.4. The van der Waals surface area contributed by atoms with Gasteiger partial charge in [0.2, 0.25) is 0 Å². The Morgan fingerprint density at radius 2 is 2.00 bits per heavy atom. The van der Waals surface area contributed by atoms with Crippen LogP contribution in [0.3, 0.4) is 0 Å². The lowest BCUT2D eigenvalue weighted by molar-refractivity contribution is -0.384. The lowest BCUT2D eigenvalue weighted by atomic mass is 10.1. The predicted octanol–water partition coefficient (Wildman–Crippen LogP) is 3.70. The van der Waals surface area contributed by atoms with Crippen LogP contribution in [0.15, 0.2) is 42.6 Å². The molecular weight excluding hydrogens is 362 g/mol. The summed E-state index contributed by atoms with van der Waals surface area (Å²) in [6.07, 6.45) is 1.52. The van der Waals surface area contributed by atoms with E-state index in [1.165, 1.54) is 37.6 Å². The number of carbonyl (C=O) groups excluding carboxylic acids is 1. The second-order valence-electron chi connectivity index (χ2n) is 5.22. The van der Waals surface area contributed by atoms with Gasteiger partial charge in [0, 0.05) is 29.8 Å². The Kier molecular flexibility index (Phi) is 4.59. The highest BCUT2D eigenvalue weighted by molar-refractivity contribution is 6.32. The van der Waals surface area contributed by atoms with Crippen molar-refractivity contribution in [2.45, 2.75) is 0 Å². The van der Waals surface area contributed by atoms with Gasteiger partial charge >= 0.3 is 0 Å². The molecule has 0 saturated carbocycles. The number of benzene rings is 2. The zero-order valence-corrected chi connectivity index (χ0v) is 14.2. The molecule has 132 valence electrons. The molecular formula is C17H12ClN3O5. The number of nitrogens with zero attached hydrogens (tertiary/aromatic N) is 2. The normalized spacial score (nSPS) is 10.5. The molecule has 3 rings (SSSR count). The molecule has 1 aromatic heterocycles. The van der Waals surface area contributed by atoms with Crippen molar-refractivity contribution in [3.05, 3.63) is 63.3 Å². The van der Waals surface area contributed by atoms with Crippen LogP contribution in [0.5, 0.6) is 17.2 Å². The molecule has 0 atom stereocenters. The molecule has 0 unspecified atom stereocenters. The highest BCUT2D eigenvalue weighted by Crippen LogP contribution is 2.35. The standard InChI is InChI=1S/C17H12ClN3O5/c1-25-16-8-13-10(7-11(16)17(19)22)15(4-5-20-13)26-9-2-3-14(21(23)24)12(18)6-9/h2-8H,1H3,(H2,19,22). The van der Waals surface area contributed by atoms with E-state index in [0.717, 1.165) is 0 Å². The van der Waals surface area contributed by atoms with E-state index in [-0.39, 0.29) is 16.3 Å². The highest BCUT2D eigenvalue weighted by atomic mass is 35.5. The minimum absolute atomic E-state index is 0.0506. The molecule has 0 bridgehead atoms. The zero-order valence-electron chi connectivity index (χ0n) is 13.4. The minimum atomic E-state index is -0.656. The van der Waals surface area contributed by atoms with Crippen molar-refractivity contribution in [3.8, 4) is 17.2 Å². The molecule has 0 spiro atoms. The highest BCUT2D eigenvalue weighted by Gasteiger charge is 2.16. The van der Waals surface area contributed by atoms with Crippen LogP contribution in [0.25, 0.3) is 10.9 Å². The van der Waals surface area contributed by atoms with Gasteiger partial charge in [-0.3, -0.25) is 19.9 Å². The molecule has 1 amide bonds. The number of nitro benzene ring substituents is 1. The largest absolute Gasteiger partial charge is 0.496 e. The lowest BCUT2D eigenvalue weighted by Crippen LogP contribution is -2.12. The van der Waals surface area contributed by atoms with Crippen LogP contribution in [0.4, 0.5) is 5.69 Å². The molecule has 0 saturated heterocycles. The number of halogens is 1. The zero-order chi connectivity index (χ0) is 18.8. The summed E-state index contributed by atoms with van der Waals surface area (Å²) >= 11 is 5.90. The number of methoxy groups -OCH3 is 1. The summed E-state index contributed by atoms with van der Waals surface area (Å²) in [6.45, 7) is 0. The number of hydrogen-bond acceptors (Lipinski definition) is 6. The molecule has 2 N–H and O–H groups in total. The van der Waals surface area contributed by atoms with Crippen molar-refractivity contribution in [2.24, 2.45) is 5.73 Å². The van der Waals surface area contributed by atoms with Gasteiger partial charge < -0.3 is 15.2 Å². The maximum absolute atomic E-state index is 11.6. The summed E-state index contributed by atoms with van der Waals surface area (Å²) in [6, 6.07) is 8.70. The van der Waals surface area contributed by atoms with Crippen molar-refractivity contribution in [2.75, 3.05) is 7.11 Å². The Bertz CT molecular complexity index is 1040. The van der Waals surface area contributed by atoms with Crippen LogP contribution in [-0.4, -0.2) is 22.9 Å². The Morgan fingerprint density at radius 3 is 2.62 bits per heavy atom. The van der Waals surface area contributed by atoms with Crippen molar-refractivity contribution in [1.82, 2.24) is 4.98 Å². The number of aromatic nitrogens is 1. The number of ether oxygens (including phenoxy) is 2. The topological polar surface area (TPSA) is 118 Å². The van der Waals surface area contributed by atoms with E-state index in [0.29, 0.717) is 28.2 Å². The summed E-state index contributed by atoms with van der Waals surface area (Å²) in [7, 11) is 1.42. The van der Waals surface area contributed by atoms with Crippen molar-refractivity contribution >= 4 is 34.1 Å². The van der Waals surface area contributed by atoms with E-state index in [1.54, 1.807) is 12.1 Å². The fourth-order valence-electron chi connectivity index (χ4n) is 2.42. The second kappa shape index (κ2) is 6.85. The van der Waals surface area contributed by atoms with Crippen LogP contribution < -0.4 is 15.2 Å². The molecule has 8 nitrogen and oxygen atoms in total. The molecule has 26 heavy (non-hydrogen) atoms. The van der Waals surface area contributed by atoms with E-state index in [4.69, 9.17) is 26.8 Å². The third-order valence-corrected chi connectivity index (χ3v) is 3.93. The van der Waals surface area contributed by atoms with Crippen LogP contribution in [0.1, 0.15) is 10.4 Å². The van der Waals surface area contributed by atoms with Gasteiger partial charge in [-0.2, -0.15) is 0 Å². The van der Waals surface area contributed by atoms with Gasteiger partial charge in [-0.15, -0.1) is 0 Å². The number of hydrogen-bond donors (Lipinski definition) is 1. The van der Waals surface area contributed by atoms with Crippen LogP contribution in [0, 0.1) is 10.1 Å². The smallest absolute Gasteiger partial charge is 0.288 e. The van der Waals surface area contributed by atoms with Gasteiger partial charge in [0.1, 0.15) is 22.3 Å². The van der Waals surface area contributed by atoms with E-state index in [9.17, 15) is 14.9 Å². The first-order valence-corrected chi connectivity index (χ1v) is 7.67. The molecule has 9 heteroatoms. The summed E-state index contributed by atoms with van der Waals surface area (Å²) < 4.78 is 10.9. The van der Waals surface area contributed by atoms with Gasteiger partial charge in [0.15, 0.2) is 0 Å². The number of rotatable bonds is 5. The lowest BCUT2D eigenvalue weighted by Gasteiger charge is -2.12. The monoisotopic (exact) mass is 373 g/mol. The Balaban J connectivity index is 2.08. The summed E-state index contributed by atoms with van der Waals surface area (Å²) in [5.74, 6) is 0.319. The number of amides is 1. The van der Waals surface area contributed by atoms with Gasteiger partial charge in [0.25, 0.3) is 11.6 Å². The van der Waals surface area contributed by atoms with Crippen molar-refractivity contribution in [3.63, 3.8) is 0 Å². The first-order valence-electron chi connectivity index (χ1n) is 7.29. The van der Waals surface area contributed by atoms with Crippen LogP contribution >= 0.6 is 11.6 Å². The molecule has 0 aliphatic rings. The quantitative estimate of drug-likeness (QED) is 0.538. The Morgan fingerprint density at radius 1 is 1.23 bits per heavy atom.